The Morgan fingerprint density at radius 2 is 2.24 bits per heavy atom. The Morgan fingerprint density at radius 1 is 1.52 bits per heavy atom. The van der Waals surface area contributed by atoms with Crippen LogP contribution in [0.2, 0.25) is 0 Å². The predicted molar refractivity (Wildman–Crippen MR) is 83.4 cm³/mol. The van der Waals surface area contributed by atoms with Crippen molar-refractivity contribution in [2.75, 3.05) is 12.3 Å². The number of nitriles is 1. The maximum atomic E-state index is 10.8. The Kier molecular flexibility index (Phi) is 4.28. The molecule has 12 heteroatoms. The summed E-state index contributed by atoms with van der Waals surface area (Å²) < 4.78 is 22.5. The summed E-state index contributed by atoms with van der Waals surface area (Å²) in [5, 5.41) is 34.7. The minimum Gasteiger partial charge on any atom is -0.387 e. The van der Waals surface area contributed by atoms with Crippen LogP contribution in [0, 0.1) is 11.3 Å². The first-order chi connectivity index (χ1) is 11.7. The van der Waals surface area contributed by atoms with Crippen LogP contribution in [0.5, 0.6) is 0 Å². The highest BCUT2D eigenvalue weighted by atomic mass is 31.1. The molecule has 1 fully saturated rings. The third-order valence-electron chi connectivity index (χ3n) is 4.25. The molecule has 5 atom stereocenters. The highest BCUT2D eigenvalue weighted by Crippen LogP contribution is 2.46. The molecule has 11 nitrogen and oxygen atoms in total. The van der Waals surface area contributed by atoms with Crippen LogP contribution in [-0.4, -0.2) is 54.1 Å². The highest BCUT2D eigenvalue weighted by Gasteiger charge is 2.63. The lowest BCUT2D eigenvalue weighted by Crippen LogP contribution is -2.44. The zero-order valence-electron chi connectivity index (χ0n) is 13.0. The number of ether oxygens (including phenoxy) is 1. The Hall–Kier alpha value is -2.06. The van der Waals surface area contributed by atoms with Crippen molar-refractivity contribution >= 4 is 19.6 Å². The second-order valence-corrected chi connectivity index (χ2v) is 6.69. The number of hydrogen-bond acceptors (Lipinski definition) is 9. The van der Waals surface area contributed by atoms with E-state index < -0.39 is 38.3 Å². The van der Waals surface area contributed by atoms with Crippen LogP contribution in [0.25, 0.3) is 5.52 Å². The van der Waals surface area contributed by atoms with Crippen molar-refractivity contribution in [3.63, 3.8) is 0 Å². The summed E-state index contributed by atoms with van der Waals surface area (Å²) in [7, 11) is -3.28. The maximum absolute atomic E-state index is 10.8. The molecule has 25 heavy (non-hydrogen) atoms. The second kappa shape index (κ2) is 6.03. The van der Waals surface area contributed by atoms with Crippen molar-refractivity contribution < 1.29 is 28.9 Å². The lowest BCUT2D eigenvalue weighted by Gasteiger charge is -2.28. The van der Waals surface area contributed by atoms with Gasteiger partial charge in [-0.05, 0) is 19.1 Å². The van der Waals surface area contributed by atoms with Crippen LogP contribution < -0.4 is 5.73 Å². The fourth-order valence-electron chi connectivity index (χ4n) is 2.95. The fraction of sp³-hybridized carbons (Fsp3) is 0.462. The van der Waals surface area contributed by atoms with Crippen molar-refractivity contribution in [2.24, 2.45) is 0 Å². The van der Waals surface area contributed by atoms with E-state index in [1.807, 2.05) is 6.07 Å². The lowest BCUT2D eigenvalue weighted by molar-refractivity contribution is -0.120. The monoisotopic (exact) mass is 369 g/mol. The van der Waals surface area contributed by atoms with E-state index in [1.165, 1.54) is 23.8 Å². The largest absolute Gasteiger partial charge is 0.387 e. The molecule has 1 aliphatic rings. The summed E-state index contributed by atoms with van der Waals surface area (Å²) in [6.45, 7) is 0.868. The number of nitrogens with zero attached hydrogens (tertiary/aromatic N) is 4. The van der Waals surface area contributed by atoms with Gasteiger partial charge in [-0.3, -0.25) is 4.57 Å². The van der Waals surface area contributed by atoms with Crippen LogP contribution in [0.1, 0.15) is 12.6 Å². The zero-order chi connectivity index (χ0) is 18.4. The average Bonchev–Trinajstić information content (AvgIpc) is 3.09. The summed E-state index contributed by atoms with van der Waals surface area (Å²) in [6.07, 6.45) is -2.05. The number of nitrogen functional groups attached to an aromatic ring is 1. The van der Waals surface area contributed by atoms with E-state index >= 15 is 0 Å². The molecule has 0 amide bonds. The van der Waals surface area contributed by atoms with E-state index in [0.717, 1.165) is 0 Å². The minimum atomic E-state index is -3.28. The SMILES string of the molecule is C[C@]1(CO[PH](=O)O)O[C@@](C#N)(c2ccc3c(N)ncnn23)[C@H](O)[C@@H]1O. The van der Waals surface area contributed by atoms with Crippen LogP contribution in [0.4, 0.5) is 5.82 Å². The molecule has 2 aromatic rings. The number of nitrogens with two attached hydrogens (primary N) is 1. The number of fused-ring (bicyclic) bond motifs is 1. The quantitative estimate of drug-likeness (QED) is 0.486. The molecule has 3 heterocycles. The molecule has 0 aliphatic carbocycles. The number of aromatic nitrogens is 3. The van der Waals surface area contributed by atoms with Gasteiger partial charge >= 0.3 is 8.25 Å². The molecule has 1 saturated heterocycles. The first-order valence-corrected chi connectivity index (χ1v) is 8.43. The number of anilines is 1. The fourth-order valence-corrected chi connectivity index (χ4v) is 3.36. The third kappa shape index (κ3) is 2.60. The zero-order valence-corrected chi connectivity index (χ0v) is 14.0. The van der Waals surface area contributed by atoms with Crippen LogP contribution >= 0.6 is 8.25 Å². The number of hydrogen-bond donors (Lipinski definition) is 4. The molecule has 0 spiro atoms. The van der Waals surface area contributed by atoms with Gasteiger partial charge in [0.25, 0.3) is 0 Å². The smallest absolute Gasteiger partial charge is 0.316 e. The molecule has 2 aromatic heterocycles. The molecule has 134 valence electrons. The van der Waals surface area contributed by atoms with E-state index in [0.29, 0.717) is 5.52 Å². The number of rotatable bonds is 4. The average molecular weight is 369 g/mol. The molecule has 5 N–H and O–H groups in total. The molecule has 0 aromatic carbocycles. The van der Waals surface area contributed by atoms with Crippen LogP contribution in [-0.2, 0) is 19.4 Å². The van der Waals surface area contributed by atoms with Gasteiger partial charge in [-0.25, -0.2) is 9.50 Å². The van der Waals surface area contributed by atoms with Gasteiger partial charge in [-0.2, -0.15) is 10.4 Å². The first kappa shape index (κ1) is 17.8. The van der Waals surface area contributed by atoms with E-state index in [2.05, 4.69) is 14.6 Å². The normalized spacial score (nSPS) is 33.4. The molecule has 0 radical (unpaired) electrons. The van der Waals surface area contributed by atoms with Crippen LogP contribution in [0.15, 0.2) is 18.5 Å². The summed E-state index contributed by atoms with van der Waals surface area (Å²) in [4.78, 5) is 12.7. The van der Waals surface area contributed by atoms with E-state index in [-0.39, 0.29) is 11.5 Å². The van der Waals surface area contributed by atoms with Crippen LogP contribution in [0.3, 0.4) is 0 Å². The summed E-state index contributed by atoms with van der Waals surface area (Å²) in [5.41, 5.74) is 2.70. The number of aliphatic hydroxyl groups excluding tert-OH is 2. The van der Waals surface area contributed by atoms with Crippen molar-refractivity contribution in [1.29, 1.82) is 5.26 Å². The van der Waals surface area contributed by atoms with Gasteiger partial charge in [0.1, 0.15) is 35.7 Å². The predicted octanol–water partition coefficient (Wildman–Crippen LogP) is -1.06. The third-order valence-corrected chi connectivity index (χ3v) is 4.64. The highest BCUT2D eigenvalue weighted by molar-refractivity contribution is 7.32. The Bertz CT molecular complexity index is 883. The summed E-state index contributed by atoms with van der Waals surface area (Å²) in [6, 6.07) is 4.89. The van der Waals surface area contributed by atoms with Crippen molar-refractivity contribution in [3.05, 3.63) is 24.2 Å². The standard InChI is InChI=1S/C13H16N5O6P/c1-12(5-23-25(21)22)9(19)10(20)13(4-14,24-12)8-3-2-7-11(15)16-6-17-18(7)8/h2-3,6,9-10,19-20,25H,5H2,1H3,(H,21,22)(H2,15,16,17)/t9-,10+,12+,13-/m0/s1. The molecule has 3 rings (SSSR count). The molecule has 0 bridgehead atoms. The van der Waals surface area contributed by atoms with Gasteiger partial charge in [-0.15, -0.1) is 0 Å². The number of aliphatic hydroxyl groups is 2. The second-order valence-electron chi connectivity index (χ2n) is 5.87. The van der Waals surface area contributed by atoms with Gasteiger partial charge < -0.3 is 30.1 Å². The van der Waals surface area contributed by atoms with Gasteiger partial charge in [0.05, 0.1) is 12.3 Å². The van der Waals surface area contributed by atoms with Gasteiger partial charge in [0, 0.05) is 0 Å². The van der Waals surface area contributed by atoms with Gasteiger partial charge in [0.15, 0.2) is 5.82 Å². The Labute approximate surface area is 142 Å². The van der Waals surface area contributed by atoms with Gasteiger partial charge in [-0.1, -0.05) is 0 Å². The maximum Gasteiger partial charge on any atom is 0.316 e. The molecule has 1 aliphatic heterocycles. The Balaban J connectivity index is 2.10. The molecular formula is C13H16N5O6P. The Morgan fingerprint density at radius 3 is 2.88 bits per heavy atom. The van der Waals surface area contributed by atoms with Gasteiger partial charge in [0.2, 0.25) is 5.60 Å². The van der Waals surface area contributed by atoms with Crippen molar-refractivity contribution in [3.8, 4) is 6.07 Å². The van der Waals surface area contributed by atoms with E-state index in [4.69, 9.17) is 15.4 Å². The summed E-state index contributed by atoms with van der Waals surface area (Å²) >= 11 is 0. The minimum absolute atomic E-state index is 0.131. The first-order valence-electron chi connectivity index (χ1n) is 7.17. The van der Waals surface area contributed by atoms with E-state index in [1.54, 1.807) is 6.07 Å². The van der Waals surface area contributed by atoms with E-state index in [9.17, 15) is 20.0 Å². The van der Waals surface area contributed by atoms with Crippen molar-refractivity contribution in [2.45, 2.75) is 30.3 Å². The lowest BCUT2D eigenvalue weighted by atomic mass is 9.90. The molecule has 1 unspecified atom stereocenters. The molecule has 0 saturated carbocycles. The summed E-state index contributed by atoms with van der Waals surface area (Å²) in [5.74, 6) is 0.160. The van der Waals surface area contributed by atoms with Crippen molar-refractivity contribution in [1.82, 2.24) is 14.6 Å². The topological polar surface area (TPSA) is 176 Å². The molecular weight excluding hydrogens is 353 g/mol.